The second kappa shape index (κ2) is 9.59. The summed E-state index contributed by atoms with van der Waals surface area (Å²) in [6, 6.07) is 16.4. The molecule has 30 heavy (non-hydrogen) atoms. The van der Waals surface area contributed by atoms with Crippen LogP contribution < -0.4 is 14.4 Å². The van der Waals surface area contributed by atoms with Crippen molar-refractivity contribution in [2.75, 3.05) is 18.6 Å². The first-order valence-electron chi connectivity index (χ1n) is 9.71. The summed E-state index contributed by atoms with van der Waals surface area (Å²) in [5, 5.41) is 1.87. The lowest BCUT2D eigenvalue weighted by Crippen LogP contribution is -2.25. The van der Waals surface area contributed by atoms with E-state index in [1.165, 1.54) is 11.3 Å². The lowest BCUT2D eigenvalue weighted by Gasteiger charge is -2.17. The van der Waals surface area contributed by atoms with Crippen LogP contribution in [-0.4, -0.2) is 25.5 Å². The fraction of sp³-hybridized carbons (Fsp3) is 0.250. The van der Waals surface area contributed by atoms with Gasteiger partial charge in [-0.2, -0.15) is 0 Å². The highest BCUT2D eigenvalue weighted by Crippen LogP contribution is 2.27. The van der Waals surface area contributed by atoms with Crippen molar-refractivity contribution in [1.82, 2.24) is 0 Å². The molecule has 0 fully saturated rings. The van der Waals surface area contributed by atoms with Crippen LogP contribution in [0.1, 0.15) is 40.6 Å². The molecule has 156 valence electrons. The Morgan fingerprint density at radius 1 is 1.07 bits per heavy atom. The van der Waals surface area contributed by atoms with Gasteiger partial charge in [0.2, 0.25) is 0 Å². The van der Waals surface area contributed by atoms with Gasteiger partial charge >= 0.3 is 5.97 Å². The van der Waals surface area contributed by atoms with Crippen molar-refractivity contribution < 1.29 is 19.1 Å². The van der Waals surface area contributed by atoms with Gasteiger partial charge < -0.3 is 14.4 Å². The van der Waals surface area contributed by atoms with Crippen LogP contribution in [0.5, 0.6) is 11.5 Å². The predicted octanol–water partition coefficient (Wildman–Crippen LogP) is 5.44. The number of thiophene rings is 1. The van der Waals surface area contributed by atoms with Gasteiger partial charge in [0.05, 0.1) is 4.88 Å². The number of carbonyl (C=O) groups excluding carboxylic acids is 2. The number of nitrogens with zero attached hydrogens (tertiary/aromatic N) is 1. The molecule has 1 heterocycles. The van der Waals surface area contributed by atoms with Crippen LogP contribution in [0.2, 0.25) is 0 Å². The average molecular weight is 424 g/mol. The van der Waals surface area contributed by atoms with E-state index in [1.807, 2.05) is 36.6 Å². The molecule has 2 aromatic carbocycles. The number of benzene rings is 2. The van der Waals surface area contributed by atoms with Gasteiger partial charge in [-0.1, -0.05) is 32.0 Å². The van der Waals surface area contributed by atoms with E-state index in [4.69, 9.17) is 9.47 Å². The first-order chi connectivity index (χ1) is 14.3. The summed E-state index contributed by atoms with van der Waals surface area (Å²) < 4.78 is 11.1. The normalized spacial score (nSPS) is 10.7. The molecule has 5 nitrogen and oxygen atoms in total. The highest BCUT2D eigenvalue weighted by atomic mass is 32.1. The lowest BCUT2D eigenvalue weighted by molar-refractivity contribution is -0.136. The fourth-order valence-electron chi connectivity index (χ4n) is 2.96. The van der Waals surface area contributed by atoms with E-state index in [-0.39, 0.29) is 18.4 Å². The third kappa shape index (κ3) is 5.27. The number of esters is 1. The van der Waals surface area contributed by atoms with E-state index >= 15 is 0 Å². The molecule has 0 N–H and O–H groups in total. The molecule has 0 bridgehead atoms. The Bertz CT molecular complexity index is 1010. The van der Waals surface area contributed by atoms with Gasteiger partial charge in [0.1, 0.15) is 11.5 Å². The summed E-state index contributed by atoms with van der Waals surface area (Å²) in [6.45, 7) is 5.97. The summed E-state index contributed by atoms with van der Waals surface area (Å²) in [5.41, 5.74) is 2.83. The number of rotatable bonds is 7. The van der Waals surface area contributed by atoms with Crippen molar-refractivity contribution in [3.05, 3.63) is 76.0 Å². The van der Waals surface area contributed by atoms with Crippen molar-refractivity contribution >= 4 is 28.9 Å². The monoisotopic (exact) mass is 423 g/mol. The standard InChI is InChI=1S/C24H25NO4S/c1-16(2)20-12-7-17(3)14-21(20)28-15-23(26)29-19-10-8-18(9-11-19)25(4)24(27)22-6-5-13-30-22/h5-14,16H,15H2,1-4H3. The summed E-state index contributed by atoms with van der Waals surface area (Å²) in [7, 11) is 1.71. The van der Waals surface area contributed by atoms with Crippen molar-refractivity contribution in [3.8, 4) is 11.5 Å². The molecular weight excluding hydrogens is 398 g/mol. The number of carbonyl (C=O) groups is 2. The van der Waals surface area contributed by atoms with Gasteiger partial charge in [-0.15, -0.1) is 11.3 Å². The molecule has 1 amide bonds. The molecule has 3 aromatic rings. The molecule has 0 aliphatic heterocycles. The van der Waals surface area contributed by atoms with E-state index in [2.05, 4.69) is 13.8 Å². The van der Waals surface area contributed by atoms with Crippen LogP contribution in [0.4, 0.5) is 5.69 Å². The minimum absolute atomic E-state index is 0.0812. The first kappa shape index (κ1) is 21.6. The van der Waals surface area contributed by atoms with Gasteiger partial charge in [0, 0.05) is 12.7 Å². The van der Waals surface area contributed by atoms with Gasteiger partial charge in [-0.25, -0.2) is 4.79 Å². The number of amides is 1. The topological polar surface area (TPSA) is 55.8 Å². The minimum atomic E-state index is -0.484. The maximum atomic E-state index is 12.4. The maximum Gasteiger partial charge on any atom is 0.349 e. The van der Waals surface area contributed by atoms with E-state index in [1.54, 1.807) is 42.3 Å². The quantitative estimate of drug-likeness (QED) is 0.375. The molecule has 1 aromatic heterocycles. The third-order valence-electron chi connectivity index (χ3n) is 4.63. The van der Waals surface area contributed by atoms with Crippen molar-refractivity contribution in [3.63, 3.8) is 0 Å². The third-order valence-corrected chi connectivity index (χ3v) is 5.49. The molecule has 0 radical (unpaired) electrons. The largest absolute Gasteiger partial charge is 0.482 e. The van der Waals surface area contributed by atoms with Crippen LogP contribution in [0.3, 0.4) is 0 Å². The number of hydrogen-bond acceptors (Lipinski definition) is 5. The molecule has 6 heteroatoms. The van der Waals surface area contributed by atoms with Crippen LogP contribution in [0, 0.1) is 6.92 Å². The SMILES string of the molecule is Cc1ccc(C(C)C)c(OCC(=O)Oc2ccc(N(C)C(=O)c3cccs3)cc2)c1. The Hall–Kier alpha value is -3.12. The first-order valence-corrected chi connectivity index (χ1v) is 10.6. The van der Waals surface area contributed by atoms with Crippen molar-refractivity contribution in [2.24, 2.45) is 0 Å². The van der Waals surface area contributed by atoms with Crippen LogP contribution in [-0.2, 0) is 4.79 Å². The summed E-state index contributed by atoms with van der Waals surface area (Å²) in [6.07, 6.45) is 0. The van der Waals surface area contributed by atoms with E-state index in [0.29, 0.717) is 22.1 Å². The minimum Gasteiger partial charge on any atom is -0.482 e. The fourth-order valence-corrected chi connectivity index (χ4v) is 3.66. The second-order valence-electron chi connectivity index (χ2n) is 7.29. The maximum absolute atomic E-state index is 12.4. The second-order valence-corrected chi connectivity index (χ2v) is 8.24. The van der Waals surface area contributed by atoms with Crippen LogP contribution in [0.15, 0.2) is 60.0 Å². The average Bonchev–Trinajstić information content (AvgIpc) is 3.26. The summed E-state index contributed by atoms with van der Waals surface area (Å²) in [4.78, 5) is 26.9. The molecule has 0 saturated heterocycles. The molecule has 3 rings (SSSR count). The molecular formula is C24H25NO4S. The molecule has 0 atom stereocenters. The van der Waals surface area contributed by atoms with E-state index < -0.39 is 5.97 Å². The Morgan fingerprint density at radius 3 is 2.43 bits per heavy atom. The van der Waals surface area contributed by atoms with E-state index in [9.17, 15) is 9.59 Å². The van der Waals surface area contributed by atoms with Crippen molar-refractivity contribution in [2.45, 2.75) is 26.7 Å². The molecule has 0 aliphatic rings. The van der Waals surface area contributed by atoms with E-state index in [0.717, 1.165) is 11.1 Å². The number of hydrogen-bond donors (Lipinski definition) is 0. The Balaban J connectivity index is 1.59. The number of aryl methyl sites for hydroxylation is 1. The smallest absolute Gasteiger partial charge is 0.349 e. The molecule has 0 aliphatic carbocycles. The van der Waals surface area contributed by atoms with Crippen LogP contribution in [0.25, 0.3) is 0 Å². The Kier molecular flexibility index (Phi) is 6.90. The van der Waals surface area contributed by atoms with Crippen LogP contribution >= 0.6 is 11.3 Å². The highest BCUT2D eigenvalue weighted by molar-refractivity contribution is 7.12. The number of ether oxygens (including phenoxy) is 2. The summed E-state index contributed by atoms with van der Waals surface area (Å²) >= 11 is 1.40. The van der Waals surface area contributed by atoms with Gasteiger partial charge in [0.25, 0.3) is 5.91 Å². The zero-order valence-electron chi connectivity index (χ0n) is 17.5. The number of anilines is 1. The van der Waals surface area contributed by atoms with Crippen molar-refractivity contribution in [1.29, 1.82) is 0 Å². The molecule has 0 saturated carbocycles. The Labute approximate surface area is 180 Å². The molecule has 0 spiro atoms. The van der Waals surface area contributed by atoms with Gasteiger partial charge in [-0.05, 0) is 65.7 Å². The van der Waals surface area contributed by atoms with Gasteiger partial charge in [0.15, 0.2) is 6.61 Å². The zero-order valence-corrected chi connectivity index (χ0v) is 18.4. The highest BCUT2D eigenvalue weighted by Gasteiger charge is 2.15. The predicted molar refractivity (Wildman–Crippen MR) is 120 cm³/mol. The lowest BCUT2D eigenvalue weighted by atomic mass is 10.0. The summed E-state index contributed by atoms with van der Waals surface area (Å²) in [5.74, 6) is 0.825. The molecule has 0 unspecified atom stereocenters. The Morgan fingerprint density at radius 2 is 1.80 bits per heavy atom. The van der Waals surface area contributed by atoms with Gasteiger partial charge in [-0.3, -0.25) is 4.79 Å². The zero-order chi connectivity index (χ0) is 21.7.